The molecular formula is C17H20N4OS. The molecule has 0 unspecified atom stereocenters. The number of nitriles is 1. The summed E-state index contributed by atoms with van der Waals surface area (Å²) in [5.74, 6) is 0.475. The van der Waals surface area contributed by atoms with Gasteiger partial charge in [-0.25, -0.2) is 9.97 Å². The van der Waals surface area contributed by atoms with Crippen molar-refractivity contribution in [1.29, 1.82) is 5.26 Å². The van der Waals surface area contributed by atoms with Gasteiger partial charge >= 0.3 is 0 Å². The minimum absolute atomic E-state index is 0.0140. The van der Waals surface area contributed by atoms with Gasteiger partial charge in [0.1, 0.15) is 17.5 Å². The highest BCUT2D eigenvalue weighted by atomic mass is 32.2. The summed E-state index contributed by atoms with van der Waals surface area (Å²) >= 11 is 1.42. The molecule has 0 amide bonds. The summed E-state index contributed by atoms with van der Waals surface area (Å²) in [6, 6.07) is 9.96. The van der Waals surface area contributed by atoms with Crippen molar-refractivity contribution in [3.8, 4) is 17.3 Å². The van der Waals surface area contributed by atoms with E-state index in [4.69, 9.17) is 0 Å². The second-order valence-electron chi connectivity index (χ2n) is 5.19. The number of aliphatic hydroxyl groups excluding tert-OH is 1. The van der Waals surface area contributed by atoms with Gasteiger partial charge in [0, 0.05) is 5.56 Å². The first-order valence-electron chi connectivity index (χ1n) is 7.43. The van der Waals surface area contributed by atoms with Gasteiger partial charge in [-0.2, -0.15) is 5.26 Å². The normalized spacial score (nSPS) is 11.8. The quantitative estimate of drug-likeness (QED) is 0.626. The van der Waals surface area contributed by atoms with Crippen molar-refractivity contribution in [3.05, 3.63) is 35.4 Å². The molecule has 23 heavy (non-hydrogen) atoms. The number of nitrogens with zero attached hydrogens (tertiary/aromatic N) is 3. The molecule has 1 atom stereocenters. The van der Waals surface area contributed by atoms with Crippen molar-refractivity contribution in [2.45, 2.75) is 31.5 Å². The number of hydrogen-bond acceptors (Lipinski definition) is 6. The molecule has 0 radical (unpaired) electrons. The molecule has 120 valence electrons. The molecule has 0 aliphatic carbocycles. The Morgan fingerprint density at radius 3 is 2.52 bits per heavy atom. The number of rotatable bonds is 6. The van der Waals surface area contributed by atoms with Crippen molar-refractivity contribution in [3.63, 3.8) is 0 Å². The van der Waals surface area contributed by atoms with Crippen LogP contribution in [-0.2, 0) is 0 Å². The topological polar surface area (TPSA) is 81.8 Å². The van der Waals surface area contributed by atoms with Crippen LogP contribution in [0.25, 0.3) is 11.3 Å². The highest BCUT2D eigenvalue weighted by molar-refractivity contribution is 7.98. The van der Waals surface area contributed by atoms with Gasteiger partial charge < -0.3 is 10.4 Å². The number of benzene rings is 1. The Bertz CT molecular complexity index is 706. The van der Waals surface area contributed by atoms with E-state index in [-0.39, 0.29) is 12.6 Å². The van der Waals surface area contributed by atoms with E-state index in [2.05, 4.69) is 21.4 Å². The Balaban J connectivity index is 2.57. The Morgan fingerprint density at radius 1 is 1.30 bits per heavy atom. The van der Waals surface area contributed by atoms with Gasteiger partial charge in [0.2, 0.25) is 0 Å². The zero-order chi connectivity index (χ0) is 16.8. The molecule has 6 heteroatoms. The summed E-state index contributed by atoms with van der Waals surface area (Å²) in [6.45, 7) is 3.97. The molecule has 0 spiro atoms. The fourth-order valence-electron chi connectivity index (χ4n) is 2.13. The van der Waals surface area contributed by atoms with Crippen LogP contribution in [0.1, 0.15) is 24.5 Å². The Labute approximate surface area is 140 Å². The first kappa shape index (κ1) is 17.3. The molecule has 2 aromatic rings. The van der Waals surface area contributed by atoms with Crippen LogP contribution in [0.5, 0.6) is 0 Å². The minimum atomic E-state index is -0.141. The van der Waals surface area contributed by atoms with Crippen molar-refractivity contribution < 1.29 is 5.11 Å². The predicted molar refractivity (Wildman–Crippen MR) is 93.5 cm³/mol. The number of anilines is 1. The first-order valence-corrected chi connectivity index (χ1v) is 8.66. The van der Waals surface area contributed by atoms with Crippen molar-refractivity contribution in [2.75, 3.05) is 18.2 Å². The van der Waals surface area contributed by atoms with Gasteiger partial charge in [0.05, 0.1) is 18.3 Å². The number of aliphatic hydroxyl groups is 1. The second-order valence-corrected chi connectivity index (χ2v) is 5.97. The lowest BCUT2D eigenvalue weighted by Crippen LogP contribution is -2.24. The van der Waals surface area contributed by atoms with E-state index in [0.29, 0.717) is 22.2 Å². The van der Waals surface area contributed by atoms with Gasteiger partial charge in [-0.05, 0) is 19.6 Å². The summed E-state index contributed by atoms with van der Waals surface area (Å²) in [5, 5.41) is 22.7. The van der Waals surface area contributed by atoms with E-state index in [0.717, 1.165) is 17.5 Å². The summed E-state index contributed by atoms with van der Waals surface area (Å²) < 4.78 is 0. The molecule has 2 rings (SSSR count). The van der Waals surface area contributed by atoms with Crippen LogP contribution in [0.3, 0.4) is 0 Å². The molecule has 2 N–H and O–H groups in total. The fourth-order valence-corrected chi connectivity index (χ4v) is 2.50. The van der Waals surface area contributed by atoms with E-state index in [1.54, 1.807) is 0 Å². The molecule has 1 aromatic heterocycles. The van der Waals surface area contributed by atoms with Gasteiger partial charge in [0.15, 0.2) is 5.16 Å². The van der Waals surface area contributed by atoms with E-state index in [1.165, 1.54) is 11.8 Å². The van der Waals surface area contributed by atoms with E-state index < -0.39 is 0 Å². The standard InChI is InChI=1S/C17H20N4OS/c1-4-13(10-22)19-16-14(9-18)15(20-17(21-16)23-3)12-7-5-11(2)6-8-12/h5-8,13,22H,4,10H2,1-3H3,(H,19,20,21)/t13-/m1/s1. The molecule has 0 fully saturated rings. The van der Waals surface area contributed by atoms with Crippen LogP contribution >= 0.6 is 11.8 Å². The third-order valence-corrected chi connectivity index (χ3v) is 4.11. The highest BCUT2D eigenvalue weighted by Gasteiger charge is 2.17. The van der Waals surface area contributed by atoms with Gasteiger partial charge in [0.25, 0.3) is 0 Å². The van der Waals surface area contributed by atoms with Crippen LogP contribution in [0.4, 0.5) is 5.82 Å². The molecule has 0 saturated carbocycles. The molecule has 0 saturated heterocycles. The van der Waals surface area contributed by atoms with Crippen molar-refractivity contribution >= 4 is 17.6 Å². The SMILES string of the molecule is CC[C@H](CO)Nc1nc(SC)nc(-c2ccc(C)cc2)c1C#N. The number of thioether (sulfide) groups is 1. The lowest BCUT2D eigenvalue weighted by Gasteiger charge is -2.17. The Kier molecular flexibility index (Phi) is 5.97. The van der Waals surface area contributed by atoms with Gasteiger partial charge in [-0.15, -0.1) is 0 Å². The molecule has 0 bridgehead atoms. The van der Waals surface area contributed by atoms with E-state index in [1.807, 2.05) is 44.4 Å². The molecule has 1 aromatic carbocycles. The second kappa shape index (κ2) is 7.95. The van der Waals surface area contributed by atoms with Crippen LogP contribution in [-0.4, -0.2) is 34.0 Å². The van der Waals surface area contributed by atoms with Crippen molar-refractivity contribution in [1.82, 2.24) is 9.97 Å². The molecular weight excluding hydrogens is 308 g/mol. The molecule has 5 nitrogen and oxygen atoms in total. The van der Waals surface area contributed by atoms with Crippen LogP contribution in [0.15, 0.2) is 29.4 Å². The van der Waals surface area contributed by atoms with E-state index in [9.17, 15) is 10.4 Å². The smallest absolute Gasteiger partial charge is 0.189 e. The monoisotopic (exact) mass is 328 g/mol. The maximum atomic E-state index is 9.60. The average molecular weight is 328 g/mol. The van der Waals surface area contributed by atoms with Gasteiger partial charge in [-0.1, -0.05) is 48.5 Å². The summed E-state index contributed by atoms with van der Waals surface area (Å²) in [6.07, 6.45) is 2.63. The third kappa shape index (κ3) is 4.01. The highest BCUT2D eigenvalue weighted by Crippen LogP contribution is 2.29. The van der Waals surface area contributed by atoms with Crippen LogP contribution in [0, 0.1) is 18.3 Å². The van der Waals surface area contributed by atoms with Crippen LogP contribution < -0.4 is 5.32 Å². The zero-order valence-electron chi connectivity index (χ0n) is 13.5. The number of aromatic nitrogens is 2. The number of aryl methyl sites for hydroxylation is 1. The number of nitrogens with one attached hydrogen (secondary N) is 1. The van der Waals surface area contributed by atoms with Crippen molar-refractivity contribution in [2.24, 2.45) is 0 Å². The first-order chi connectivity index (χ1) is 11.1. The van der Waals surface area contributed by atoms with Crippen LogP contribution in [0.2, 0.25) is 0 Å². The Morgan fingerprint density at radius 2 is 2.00 bits per heavy atom. The van der Waals surface area contributed by atoms with Gasteiger partial charge in [-0.3, -0.25) is 0 Å². The summed E-state index contributed by atoms with van der Waals surface area (Å²) in [5.41, 5.74) is 3.04. The minimum Gasteiger partial charge on any atom is -0.394 e. The maximum Gasteiger partial charge on any atom is 0.189 e. The summed E-state index contributed by atoms with van der Waals surface area (Å²) in [4.78, 5) is 8.92. The fraction of sp³-hybridized carbons (Fsp3) is 0.353. The molecule has 1 heterocycles. The van der Waals surface area contributed by atoms with E-state index >= 15 is 0 Å². The predicted octanol–water partition coefficient (Wildman–Crippen LogP) is 3.23. The maximum absolute atomic E-state index is 9.60. The largest absolute Gasteiger partial charge is 0.394 e. The Hall–Kier alpha value is -2.10. The number of hydrogen-bond donors (Lipinski definition) is 2. The zero-order valence-corrected chi connectivity index (χ0v) is 14.3. The molecule has 0 aliphatic heterocycles. The lowest BCUT2D eigenvalue weighted by atomic mass is 10.1. The third-order valence-electron chi connectivity index (χ3n) is 3.56. The molecule has 0 aliphatic rings. The average Bonchev–Trinajstić information content (AvgIpc) is 2.59. The summed E-state index contributed by atoms with van der Waals surface area (Å²) in [7, 11) is 0. The lowest BCUT2D eigenvalue weighted by molar-refractivity contribution is 0.271.